The summed E-state index contributed by atoms with van der Waals surface area (Å²) in [6, 6.07) is 32.3. The molecule has 172 valence electrons. The van der Waals surface area contributed by atoms with E-state index in [9.17, 15) is 0 Å². The first-order valence-corrected chi connectivity index (χ1v) is 11.9. The summed E-state index contributed by atoms with van der Waals surface area (Å²) < 4.78 is 0. The van der Waals surface area contributed by atoms with Crippen LogP contribution in [0.5, 0.6) is 0 Å². The van der Waals surface area contributed by atoms with Gasteiger partial charge in [-0.1, -0.05) is 83.9 Å². The zero-order chi connectivity index (χ0) is 23.9. The fourth-order valence-corrected chi connectivity index (χ4v) is 4.36. The minimum atomic E-state index is -0.0165. The molecule has 0 unspecified atom stereocenters. The Morgan fingerprint density at radius 3 is 1.88 bits per heavy atom. The van der Waals surface area contributed by atoms with Crippen LogP contribution < -0.4 is 16.8 Å². The van der Waals surface area contributed by atoms with E-state index in [-0.39, 0.29) is 5.92 Å². The Hall–Kier alpha value is -3.40. The Morgan fingerprint density at radius 1 is 0.765 bits per heavy atom. The van der Waals surface area contributed by atoms with E-state index in [0.29, 0.717) is 15.7 Å². The van der Waals surface area contributed by atoms with Crippen LogP contribution in [-0.4, -0.2) is 6.54 Å². The predicted molar refractivity (Wildman–Crippen MR) is 145 cm³/mol. The molecule has 0 fully saturated rings. The number of nitrogen functional groups attached to an aromatic ring is 1. The van der Waals surface area contributed by atoms with Gasteiger partial charge in [-0.3, -0.25) is 0 Å². The molecule has 0 aliphatic carbocycles. The molecule has 0 aromatic heterocycles. The first kappa shape index (κ1) is 23.7. The monoisotopic (exact) mass is 487 g/mol. The second-order valence-electron chi connectivity index (χ2n) is 8.13. The van der Waals surface area contributed by atoms with E-state index in [1.165, 1.54) is 5.56 Å². The summed E-state index contributed by atoms with van der Waals surface area (Å²) in [6.07, 6.45) is 2.47. The van der Waals surface area contributed by atoms with Crippen molar-refractivity contribution in [2.24, 2.45) is 5.73 Å². The quantitative estimate of drug-likeness (QED) is 0.188. The van der Waals surface area contributed by atoms with Crippen molar-refractivity contribution in [3.63, 3.8) is 0 Å². The normalized spacial score (nSPS) is 11.6. The van der Waals surface area contributed by atoms with E-state index < -0.39 is 0 Å². The predicted octanol–water partition coefficient (Wildman–Crippen LogP) is 6.85. The molecule has 0 spiro atoms. The lowest BCUT2D eigenvalue weighted by Crippen LogP contribution is -2.18. The van der Waals surface area contributed by atoms with Crippen molar-refractivity contribution >= 4 is 34.6 Å². The fraction of sp³-hybridized carbons (Fsp3) is 0.103. The van der Waals surface area contributed by atoms with Crippen molar-refractivity contribution in [1.29, 1.82) is 0 Å². The summed E-state index contributed by atoms with van der Waals surface area (Å²) >= 11 is 12.3. The van der Waals surface area contributed by atoms with Crippen LogP contribution in [0.4, 0.5) is 5.69 Å². The van der Waals surface area contributed by atoms with Gasteiger partial charge in [0.15, 0.2) is 0 Å². The van der Waals surface area contributed by atoms with E-state index in [0.717, 1.165) is 40.9 Å². The lowest BCUT2D eigenvalue weighted by molar-refractivity contribution is 0.846. The molecule has 4 aromatic rings. The number of nitrogens with one attached hydrogen (secondary N) is 1. The Labute approximate surface area is 211 Å². The van der Waals surface area contributed by atoms with Gasteiger partial charge in [-0.15, -0.1) is 0 Å². The molecule has 0 atom stereocenters. The van der Waals surface area contributed by atoms with Gasteiger partial charge in [0.25, 0.3) is 0 Å². The highest BCUT2D eigenvalue weighted by Gasteiger charge is 2.19. The highest BCUT2D eigenvalue weighted by atomic mass is 35.5. The van der Waals surface area contributed by atoms with Crippen LogP contribution in [0.1, 0.15) is 33.7 Å². The third-order valence-corrected chi connectivity index (χ3v) is 6.35. The number of benzene rings is 4. The lowest BCUT2D eigenvalue weighted by atomic mass is 9.84. The fourth-order valence-electron chi connectivity index (χ4n) is 4.10. The summed E-state index contributed by atoms with van der Waals surface area (Å²) in [5, 5.41) is 4.86. The molecule has 4 aromatic carbocycles. The summed E-state index contributed by atoms with van der Waals surface area (Å²) in [4.78, 5) is 0. The van der Waals surface area contributed by atoms with E-state index in [2.05, 4.69) is 53.8 Å². The molecular formula is C29H27Cl2N3. The number of rotatable bonds is 8. The molecule has 0 heterocycles. The molecule has 0 aliphatic rings. The van der Waals surface area contributed by atoms with Crippen molar-refractivity contribution < 1.29 is 0 Å². The maximum absolute atomic E-state index is 6.39. The smallest absolute Gasteiger partial charge is 0.0592 e. The van der Waals surface area contributed by atoms with E-state index in [1.54, 1.807) is 6.20 Å². The summed E-state index contributed by atoms with van der Waals surface area (Å²) in [7, 11) is 0. The molecule has 5 N–H and O–H groups in total. The van der Waals surface area contributed by atoms with Crippen LogP contribution in [0.15, 0.2) is 103 Å². The number of halogens is 2. The largest absolute Gasteiger partial charge is 0.403 e. The van der Waals surface area contributed by atoms with Gasteiger partial charge in [-0.25, -0.2) is 0 Å². The van der Waals surface area contributed by atoms with Crippen LogP contribution >= 0.6 is 23.2 Å². The molecule has 0 bridgehead atoms. The number of hydrogen-bond acceptors (Lipinski definition) is 3. The summed E-state index contributed by atoms with van der Waals surface area (Å²) in [6.45, 7) is 0.745. The third kappa shape index (κ3) is 5.74. The Kier molecular flexibility index (Phi) is 7.79. The minimum Gasteiger partial charge on any atom is -0.403 e. The molecule has 0 saturated carbocycles. The molecule has 3 nitrogen and oxygen atoms in total. The topological polar surface area (TPSA) is 64.1 Å². The van der Waals surface area contributed by atoms with Gasteiger partial charge in [0.2, 0.25) is 0 Å². The van der Waals surface area contributed by atoms with Crippen LogP contribution in [-0.2, 0) is 6.42 Å². The van der Waals surface area contributed by atoms with Crippen molar-refractivity contribution in [3.8, 4) is 0 Å². The number of nitrogens with two attached hydrogens (primary N) is 2. The average molecular weight is 488 g/mol. The molecule has 0 aliphatic heterocycles. The van der Waals surface area contributed by atoms with E-state index >= 15 is 0 Å². The highest BCUT2D eigenvalue weighted by molar-refractivity contribution is 6.30. The second kappa shape index (κ2) is 11.1. The van der Waals surface area contributed by atoms with Gasteiger partial charge < -0.3 is 16.8 Å². The highest BCUT2D eigenvalue weighted by Crippen LogP contribution is 2.35. The zero-order valence-electron chi connectivity index (χ0n) is 18.7. The maximum Gasteiger partial charge on any atom is 0.0592 e. The van der Waals surface area contributed by atoms with Crippen LogP contribution in [0.3, 0.4) is 0 Å². The van der Waals surface area contributed by atoms with Gasteiger partial charge in [0.1, 0.15) is 0 Å². The second-order valence-corrected chi connectivity index (χ2v) is 9.00. The van der Waals surface area contributed by atoms with Crippen molar-refractivity contribution in [2.75, 3.05) is 12.3 Å². The molecule has 0 saturated heterocycles. The average Bonchev–Trinajstić information content (AvgIpc) is 2.86. The van der Waals surface area contributed by atoms with Crippen molar-refractivity contribution in [1.82, 2.24) is 5.32 Å². The van der Waals surface area contributed by atoms with Gasteiger partial charge in [-0.2, -0.15) is 0 Å². The van der Waals surface area contributed by atoms with Crippen LogP contribution in [0, 0.1) is 0 Å². The van der Waals surface area contributed by atoms with Gasteiger partial charge in [-0.05, 0) is 65.1 Å². The molecule has 0 radical (unpaired) electrons. The number of anilines is 1. The zero-order valence-corrected chi connectivity index (χ0v) is 20.2. The van der Waals surface area contributed by atoms with Gasteiger partial charge in [0.05, 0.1) is 5.70 Å². The van der Waals surface area contributed by atoms with E-state index in [1.807, 2.05) is 48.5 Å². The van der Waals surface area contributed by atoms with Gasteiger partial charge >= 0.3 is 0 Å². The molecule has 0 amide bonds. The molecule has 34 heavy (non-hydrogen) atoms. The molecule has 5 heteroatoms. The summed E-state index contributed by atoms with van der Waals surface area (Å²) in [5.41, 5.74) is 19.4. The Balaban J connectivity index is 1.66. The van der Waals surface area contributed by atoms with Crippen molar-refractivity contribution in [2.45, 2.75) is 12.3 Å². The standard InChI is InChI=1S/C29H27Cl2N3/c30-24-11-6-21(7-12-24)29(22-8-13-25(31)14-9-22)23-10-15-27(33)26(18-23)28(19-32)34-17-16-20-4-2-1-3-5-20/h1-15,18-19,29,34H,16-17,32-33H2/b28-19+. The van der Waals surface area contributed by atoms with E-state index in [4.69, 9.17) is 34.7 Å². The lowest BCUT2D eigenvalue weighted by Gasteiger charge is -2.21. The first-order chi connectivity index (χ1) is 16.5. The molecular weight excluding hydrogens is 461 g/mol. The maximum atomic E-state index is 6.39. The SMILES string of the molecule is N/C=C(/NCCc1ccccc1)c1cc(C(c2ccc(Cl)cc2)c2ccc(Cl)cc2)ccc1N. The van der Waals surface area contributed by atoms with Crippen LogP contribution in [0.2, 0.25) is 10.0 Å². The minimum absolute atomic E-state index is 0.0165. The Morgan fingerprint density at radius 2 is 1.32 bits per heavy atom. The van der Waals surface area contributed by atoms with Gasteiger partial charge in [0, 0.05) is 40.0 Å². The first-order valence-electron chi connectivity index (χ1n) is 11.2. The Bertz CT molecular complexity index is 1210. The summed E-state index contributed by atoms with van der Waals surface area (Å²) in [5.74, 6) is -0.0165. The van der Waals surface area contributed by atoms with Crippen molar-refractivity contribution in [3.05, 3.63) is 141 Å². The molecule has 4 rings (SSSR count). The third-order valence-electron chi connectivity index (χ3n) is 5.85. The van der Waals surface area contributed by atoms with Crippen LogP contribution in [0.25, 0.3) is 5.70 Å². The number of hydrogen-bond donors (Lipinski definition) is 3.